The van der Waals surface area contributed by atoms with Gasteiger partial charge in [0.25, 0.3) is 0 Å². The normalized spacial score (nSPS) is 37.2. The van der Waals surface area contributed by atoms with Gasteiger partial charge >= 0.3 is 5.97 Å². The molecule has 9 unspecified atom stereocenters. The van der Waals surface area contributed by atoms with Crippen LogP contribution in [0.2, 0.25) is 0 Å². The Kier molecular flexibility index (Phi) is 7.79. The first kappa shape index (κ1) is 24.6. The number of fused-ring (bicyclic) bond motifs is 1. The Morgan fingerprint density at radius 3 is 2.53 bits per heavy atom. The Labute approximate surface area is 196 Å². The molecule has 0 bridgehead atoms. The molecule has 9 atom stereocenters. The summed E-state index contributed by atoms with van der Waals surface area (Å²) < 4.78 is 22.0. The third-order valence-electron chi connectivity index (χ3n) is 6.15. The van der Waals surface area contributed by atoms with Crippen LogP contribution in [0.25, 0.3) is 6.08 Å². The van der Waals surface area contributed by atoms with E-state index in [-0.39, 0.29) is 6.61 Å². The zero-order valence-electron chi connectivity index (χ0n) is 18.2. The molecule has 0 spiro atoms. The quantitative estimate of drug-likeness (QED) is 0.197. The fourth-order valence-corrected chi connectivity index (χ4v) is 4.30. The summed E-state index contributed by atoms with van der Waals surface area (Å²) in [5.41, 5.74) is 1.31. The fourth-order valence-electron chi connectivity index (χ4n) is 4.30. The number of esters is 1. The van der Waals surface area contributed by atoms with Gasteiger partial charge in [0.1, 0.15) is 31.0 Å². The average Bonchev–Trinajstić information content (AvgIpc) is 3.19. The molecule has 10 nitrogen and oxygen atoms in total. The molecule has 0 amide bonds. The van der Waals surface area contributed by atoms with E-state index in [2.05, 4.69) is 0 Å². The third-order valence-corrected chi connectivity index (χ3v) is 6.15. The number of aliphatic hydroxyl groups is 5. The summed E-state index contributed by atoms with van der Waals surface area (Å²) >= 11 is 0. The molecule has 1 saturated heterocycles. The van der Waals surface area contributed by atoms with Crippen molar-refractivity contribution in [3.63, 3.8) is 0 Å². The number of aliphatic hydroxyl groups excluding tert-OH is 5. The molecule has 1 fully saturated rings. The molecule has 2 heterocycles. The Balaban J connectivity index is 1.38. The highest BCUT2D eigenvalue weighted by molar-refractivity contribution is 5.87. The predicted octanol–water partition coefficient (Wildman–Crippen LogP) is -0.537. The Hall–Kier alpha value is -2.57. The van der Waals surface area contributed by atoms with E-state index in [9.17, 15) is 30.3 Å². The summed E-state index contributed by atoms with van der Waals surface area (Å²) in [4.78, 5) is 12.1. The molecule has 4 rings (SSSR count). The van der Waals surface area contributed by atoms with Crippen molar-refractivity contribution in [1.82, 2.24) is 0 Å². The van der Waals surface area contributed by atoms with Crippen LogP contribution in [0.3, 0.4) is 0 Å². The van der Waals surface area contributed by atoms with Crippen molar-refractivity contribution in [1.29, 1.82) is 0 Å². The van der Waals surface area contributed by atoms with E-state index >= 15 is 0 Å². The van der Waals surface area contributed by atoms with Crippen molar-refractivity contribution < 1.29 is 49.3 Å². The van der Waals surface area contributed by atoms with E-state index in [0.29, 0.717) is 5.57 Å². The lowest BCUT2D eigenvalue weighted by Crippen LogP contribution is -2.60. The second kappa shape index (κ2) is 10.8. The molecule has 184 valence electrons. The van der Waals surface area contributed by atoms with Gasteiger partial charge in [-0.25, -0.2) is 4.79 Å². The Morgan fingerprint density at radius 2 is 1.79 bits per heavy atom. The second-order valence-corrected chi connectivity index (χ2v) is 8.35. The summed E-state index contributed by atoms with van der Waals surface area (Å²) in [7, 11) is 0. The number of rotatable bonds is 7. The molecular weight excluding hydrogens is 448 g/mol. The number of ether oxygens (including phenoxy) is 4. The second-order valence-electron chi connectivity index (χ2n) is 8.35. The molecule has 0 saturated carbocycles. The molecule has 1 aliphatic carbocycles. The van der Waals surface area contributed by atoms with Crippen LogP contribution < -0.4 is 0 Å². The van der Waals surface area contributed by atoms with Crippen molar-refractivity contribution in [2.24, 2.45) is 11.8 Å². The smallest absolute Gasteiger partial charge is 0.330 e. The summed E-state index contributed by atoms with van der Waals surface area (Å²) in [6.07, 6.45) is -1.99. The lowest BCUT2D eigenvalue weighted by atomic mass is 9.88. The summed E-state index contributed by atoms with van der Waals surface area (Å²) in [6, 6.07) is 9.12. The maximum atomic E-state index is 12.1. The van der Waals surface area contributed by atoms with Gasteiger partial charge in [-0.1, -0.05) is 36.4 Å². The summed E-state index contributed by atoms with van der Waals surface area (Å²) in [5.74, 6) is -1.62. The molecule has 34 heavy (non-hydrogen) atoms. The van der Waals surface area contributed by atoms with Crippen molar-refractivity contribution in [3.8, 4) is 0 Å². The topological polar surface area (TPSA) is 155 Å². The highest BCUT2D eigenvalue weighted by Crippen LogP contribution is 2.40. The molecule has 1 aromatic carbocycles. The lowest BCUT2D eigenvalue weighted by molar-refractivity contribution is -0.339. The molecule has 3 aliphatic rings. The van der Waals surface area contributed by atoms with Crippen LogP contribution in [-0.4, -0.2) is 87.8 Å². The Bertz CT molecular complexity index is 929. The zero-order valence-corrected chi connectivity index (χ0v) is 18.2. The van der Waals surface area contributed by atoms with Gasteiger partial charge in [-0.2, -0.15) is 0 Å². The molecule has 10 heteroatoms. The molecule has 5 N–H and O–H groups in total. The van der Waals surface area contributed by atoms with E-state index in [1.54, 1.807) is 12.2 Å². The highest BCUT2D eigenvalue weighted by atomic mass is 16.8. The van der Waals surface area contributed by atoms with Gasteiger partial charge in [0.05, 0.1) is 24.9 Å². The van der Waals surface area contributed by atoms with Crippen LogP contribution in [0.1, 0.15) is 5.56 Å². The molecule has 0 radical (unpaired) electrons. The maximum absolute atomic E-state index is 12.1. The number of hydrogen-bond donors (Lipinski definition) is 5. The largest absolute Gasteiger partial charge is 0.472 e. The minimum Gasteiger partial charge on any atom is -0.472 e. The summed E-state index contributed by atoms with van der Waals surface area (Å²) in [6.45, 7) is -0.722. The lowest BCUT2D eigenvalue weighted by Gasteiger charge is -2.42. The van der Waals surface area contributed by atoms with Crippen LogP contribution in [-0.2, 0) is 23.7 Å². The standard InChI is InChI=1S/C24H28O10/c25-11-14-10-16(26)15-8-9-31-23(19(14)15)34-24-22(30)21(29)20(28)17(33-24)12-32-18(27)7-6-13-4-2-1-3-5-13/h1-10,15-17,19-26,28-30H,11-12H2/b7-6+. The van der Waals surface area contributed by atoms with Crippen LogP contribution in [0.15, 0.2) is 60.4 Å². The number of hydrogen-bond acceptors (Lipinski definition) is 10. The van der Waals surface area contributed by atoms with Crippen LogP contribution in [0.4, 0.5) is 0 Å². The monoisotopic (exact) mass is 476 g/mol. The average molecular weight is 476 g/mol. The minimum atomic E-state index is -1.64. The number of carbonyl (C=O) groups is 1. The molecular formula is C24H28O10. The van der Waals surface area contributed by atoms with Crippen LogP contribution in [0.5, 0.6) is 0 Å². The van der Waals surface area contributed by atoms with Gasteiger partial charge in [-0.15, -0.1) is 0 Å². The van der Waals surface area contributed by atoms with E-state index in [4.69, 9.17) is 18.9 Å². The predicted molar refractivity (Wildman–Crippen MR) is 116 cm³/mol. The van der Waals surface area contributed by atoms with E-state index in [0.717, 1.165) is 5.56 Å². The molecule has 0 aromatic heterocycles. The minimum absolute atomic E-state index is 0.320. The van der Waals surface area contributed by atoms with Crippen LogP contribution in [0, 0.1) is 11.8 Å². The van der Waals surface area contributed by atoms with Crippen molar-refractivity contribution >= 4 is 12.0 Å². The third kappa shape index (κ3) is 5.23. The molecule has 2 aliphatic heterocycles. The van der Waals surface area contributed by atoms with Gasteiger partial charge in [-0.3, -0.25) is 0 Å². The first-order valence-corrected chi connectivity index (χ1v) is 11.0. The zero-order chi connectivity index (χ0) is 24.2. The number of carbonyl (C=O) groups excluding carboxylic acids is 1. The van der Waals surface area contributed by atoms with Gasteiger partial charge in [0.15, 0.2) is 6.29 Å². The van der Waals surface area contributed by atoms with E-state index in [1.807, 2.05) is 30.3 Å². The first-order chi connectivity index (χ1) is 16.4. The Morgan fingerprint density at radius 1 is 1.03 bits per heavy atom. The van der Waals surface area contributed by atoms with Crippen molar-refractivity contribution in [3.05, 3.63) is 66.0 Å². The van der Waals surface area contributed by atoms with Gasteiger partial charge in [0.2, 0.25) is 6.29 Å². The number of benzene rings is 1. The van der Waals surface area contributed by atoms with Gasteiger partial charge in [-0.05, 0) is 23.3 Å². The van der Waals surface area contributed by atoms with E-state index in [1.165, 1.54) is 18.4 Å². The van der Waals surface area contributed by atoms with Gasteiger partial charge in [0, 0.05) is 12.0 Å². The maximum Gasteiger partial charge on any atom is 0.330 e. The van der Waals surface area contributed by atoms with Crippen LogP contribution >= 0.6 is 0 Å². The van der Waals surface area contributed by atoms with Crippen molar-refractivity contribution in [2.45, 2.75) is 43.1 Å². The van der Waals surface area contributed by atoms with E-state index < -0.39 is 67.5 Å². The highest BCUT2D eigenvalue weighted by Gasteiger charge is 2.49. The SMILES string of the molecule is O=C(/C=C/c1ccccc1)OCC1OC(OC2OC=CC3C(O)C=C(CO)C23)C(O)C(O)C1O. The molecule has 1 aromatic rings. The van der Waals surface area contributed by atoms with Crippen molar-refractivity contribution in [2.75, 3.05) is 13.2 Å². The fraction of sp³-hybridized carbons (Fsp3) is 0.458. The first-order valence-electron chi connectivity index (χ1n) is 11.0. The summed E-state index contributed by atoms with van der Waals surface area (Å²) in [5, 5.41) is 50.8. The van der Waals surface area contributed by atoms with Gasteiger partial charge < -0.3 is 44.5 Å².